The summed E-state index contributed by atoms with van der Waals surface area (Å²) in [7, 11) is -1.93. The second-order valence-electron chi connectivity index (χ2n) is 7.45. The molecule has 2 aromatic heterocycles. The number of aromatic nitrogens is 1. The molecular weight excluding hydrogens is 458 g/mol. The number of carbonyl (C=O) groups excluding carboxylic acids is 1. The van der Waals surface area contributed by atoms with Crippen LogP contribution in [-0.2, 0) is 21.4 Å². The molecule has 0 radical (unpaired) electrons. The molecule has 2 aromatic carbocycles. The van der Waals surface area contributed by atoms with Gasteiger partial charge >= 0.3 is 0 Å². The van der Waals surface area contributed by atoms with Gasteiger partial charge in [0.2, 0.25) is 15.9 Å². The number of amides is 1. The van der Waals surface area contributed by atoms with Crippen LogP contribution in [0.25, 0.3) is 16.3 Å². The van der Waals surface area contributed by atoms with Crippen molar-refractivity contribution in [3.63, 3.8) is 0 Å². The molecule has 0 saturated heterocycles. The number of nitrogens with zero attached hydrogens (tertiary/aromatic N) is 2. The quantitative estimate of drug-likeness (QED) is 0.371. The SMILES string of the molecule is C[C@@H](c1nc2ccccc2s1)N(C)C(=O)/C=C/c1ccc(S(=O)(=O)NCc2ccco2)cc1. The molecule has 170 valence electrons. The van der Waals surface area contributed by atoms with E-state index in [2.05, 4.69) is 9.71 Å². The molecule has 0 fully saturated rings. The van der Waals surface area contributed by atoms with Gasteiger partial charge in [-0.3, -0.25) is 4.79 Å². The van der Waals surface area contributed by atoms with E-state index in [0.717, 1.165) is 20.8 Å². The van der Waals surface area contributed by atoms with Crippen LogP contribution in [0.5, 0.6) is 0 Å². The zero-order chi connectivity index (χ0) is 23.4. The summed E-state index contributed by atoms with van der Waals surface area (Å²) in [5.41, 5.74) is 1.64. The maximum atomic E-state index is 12.7. The summed E-state index contributed by atoms with van der Waals surface area (Å²) in [5.74, 6) is 0.361. The number of carbonyl (C=O) groups is 1. The third-order valence-electron chi connectivity index (χ3n) is 5.22. The predicted molar refractivity (Wildman–Crippen MR) is 129 cm³/mol. The molecule has 0 aliphatic rings. The van der Waals surface area contributed by atoms with Crippen molar-refractivity contribution in [1.82, 2.24) is 14.6 Å². The summed E-state index contributed by atoms with van der Waals surface area (Å²) in [6.07, 6.45) is 4.63. The molecule has 0 aliphatic carbocycles. The first-order valence-electron chi connectivity index (χ1n) is 10.3. The van der Waals surface area contributed by atoms with E-state index in [4.69, 9.17) is 4.42 Å². The van der Waals surface area contributed by atoms with Gasteiger partial charge in [0.1, 0.15) is 10.8 Å². The Morgan fingerprint density at radius 2 is 1.91 bits per heavy atom. The molecule has 4 rings (SSSR count). The van der Waals surface area contributed by atoms with Gasteiger partial charge in [-0.1, -0.05) is 24.3 Å². The van der Waals surface area contributed by atoms with E-state index in [0.29, 0.717) is 5.76 Å². The first-order chi connectivity index (χ1) is 15.8. The lowest BCUT2D eigenvalue weighted by Gasteiger charge is -2.21. The van der Waals surface area contributed by atoms with Gasteiger partial charge in [-0.05, 0) is 55.0 Å². The van der Waals surface area contributed by atoms with Crippen molar-refractivity contribution in [2.45, 2.75) is 24.4 Å². The van der Waals surface area contributed by atoms with E-state index in [-0.39, 0.29) is 23.4 Å². The summed E-state index contributed by atoms with van der Waals surface area (Å²) < 4.78 is 33.6. The highest BCUT2D eigenvalue weighted by Crippen LogP contribution is 2.29. The fraction of sp³-hybridized carbons (Fsp3) is 0.167. The molecule has 1 atom stereocenters. The Balaban J connectivity index is 1.39. The van der Waals surface area contributed by atoms with Crippen LogP contribution in [0, 0.1) is 0 Å². The highest BCUT2D eigenvalue weighted by atomic mass is 32.2. The Hall–Kier alpha value is -3.27. The standard InChI is InChI=1S/C24H23N3O4S2/c1-17(24-26-21-7-3-4-8-22(21)32-24)27(2)23(28)14-11-18-9-12-20(13-10-18)33(29,30)25-16-19-6-5-15-31-19/h3-15,17,25H,16H2,1-2H3/b14-11+/t17-/m0/s1. The van der Waals surface area contributed by atoms with Crippen LogP contribution in [0.2, 0.25) is 0 Å². The minimum absolute atomic E-state index is 0.0741. The number of benzene rings is 2. The molecule has 0 saturated carbocycles. The van der Waals surface area contributed by atoms with Crippen LogP contribution in [0.1, 0.15) is 29.3 Å². The van der Waals surface area contributed by atoms with Crippen molar-refractivity contribution < 1.29 is 17.6 Å². The molecule has 0 aliphatic heterocycles. The molecule has 4 aromatic rings. The highest BCUT2D eigenvalue weighted by Gasteiger charge is 2.19. The number of fused-ring (bicyclic) bond motifs is 1. The molecular formula is C24H23N3O4S2. The average molecular weight is 482 g/mol. The smallest absolute Gasteiger partial charge is 0.246 e. The van der Waals surface area contributed by atoms with E-state index in [1.165, 1.54) is 24.5 Å². The van der Waals surface area contributed by atoms with Crippen LogP contribution in [-0.4, -0.2) is 31.3 Å². The van der Waals surface area contributed by atoms with Crippen molar-refractivity contribution in [2.24, 2.45) is 0 Å². The van der Waals surface area contributed by atoms with Crippen molar-refractivity contribution in [3.05, 3.63) is 89.3 Å². The summed E-state index contributed by atoms with van der Waals surface area (Å²) in [4.78, 5) is 19.1. The third kappa shape index (κ3) is 5.39. The maximum absolute atomic E-state index is 12.7. The Bertz CT molecular complexity index is 1340. The van der Waals surface area contributed by atoms with Crippen LogP contribution in [0.3, 0.4) is 0 Å². The van der Waals surface area contributed by atoms with Gasteiger partial charge in [0, 0.05) is 13.1 Å². The summed E-state index contributed by atoms with van der Waals surface area (Å²) in [6, 6.07) is 17.4. The molecule has 0 bridgehead atoms. The minimum atomic E-state index is -3.67. The summed E-state index contributed by atoms with van der Waals surface area (Å²) in [6.45, 7) is 2.02. The molecule has 33 heavy (non-hydrogen) atoms. The van der Waals surface area contributed by atoms with Gasteiger partial charge in [0.25, 0.3) is 0 Å². The highest BCUT2D eigenvalue weighted by molar-refractivity contribution is 7.89. The number of hydrogen-bond donors (Lipinski definition) is 1. The van der Waals surface area contributed by atoms with Gasteiger partial charge in [0.05, 0.1) is 34.0 Å². The Morgan fingerprint density at radius 3 is 2.61 bits per heavy atom. The van der Waals surface area contributed by atoms with E-state index in [1.807, 2.05) is 31.2 Å². The molecule has 2 heterocycles. The van der Waals surface area contributed by atoms with Gasteiger partial charge in [-0.25, -0.2) is 18.1 Å². The van der Waals surface area contributed by atoms with Gasteiger partial charge in [0.15, 0.2) is 0 Å². The zero-order valence-corrected chi connectivity index (χ0v) is 19.8. The van der Waals surface area contributed by atoms with Crippen molar-refractivity contribution in [2.75, 3.05) is 7.05 Å². The number of nitrogens with one attached hydrogen (secondary N) is 1. The first-order valence-corrected chi connectivity index (χ1v) is 12.6. The van der Waals surface area contributed by atoms with Gasteiger partial charge in [-0.15, -0.1) is 11.3 Å². The Kier molecular flexibility index (Phi) is 6.73. The van der Waals surface area contributed by atoms with Crippen molar-refractivity contribution in [1.29, 1.82) is 0 Å². The second-order valence-corrected chi connectivity index (χ2v) is 10.3. The predicted octanol–water partition coefficient (Wildman–Crippen LogP) is 4.60. The van der Waals surface area contributed by atoms with E-state index >= 15 is 0 Å². The second kappa shape index (κ2) is 9.70. The fourth-order valence-electron chi connectivity index (χ4n) is 3.13. The Labute approximate surface area is 196 Å². The monoisotopic (exact) mass is 481 g/mol. The summed E-state index contributed by atoms with van der Waals surface area (Å²) >= 11 is 1.57. The lowest BCUT2D eigenvalue weighted by Crippen LogP contribution is -2.27. The fourth-order valence-corrected chi connectivity index (χ4v) is 5.19. The van der Waals surface area contributed by atoms with Crippen molar-refractivity contribution >= 4 is 43.6 Å². The molecule has 9 heteroatoms. The topological polar surface area (TPSA) is 92.5 Å². The number of furan rings is 1. The van der Waals surface area contributed by atoms with Crippen LogP contribution in [0.4, 0.5) is 0 Å². The largest absolute Gasteiger partial charge is 0.468 e. The number of likely N-dealkylation sites (N-methyl/N-ethyl adjacent to an activating group) is 1. The molecule has 1 amide bonds. The van der Waals surface area contributed by atoms with Crippen LogP contribution < -0.4 is 4.72 Å². The van der Waals surface area contributed by atoms with E-state index < -0.39 is 10.0 Å². The third-order valence-corrected chi connectivity index (χ3v) is 7.85. The maximum Gasteiger partial charge on any atom is 0.246 e. The number of thiazole rings is 1. The average Bonchev–Trinajstić information content (AvgIpc) is 3.50. The molecule has 7 nitrogen and oxygen atoms in total. The zero-order valence-electron chi connectivity index (χ0n) is 18.1. The lowest BCUT2D eigenvalue weighted by atomic mass is 10.2. The van der Waals surface area contributed by atoms with E-state index in [1.54, 1.807) is 53.6 Å². The number of sulfonamides is 1. The summed E-state index contributed by atoms with van der Waals surface area (Å²) in [5, 5.41) is 0.872. The van der Waals surface area contributed by atoms with Crippen molar-refractivity contribution in [3.8, 4) is 0 Å². The van der Waals surface area contributed by atoms with Crippen LogP contribution >= 0.6 is 11.3 Å². The Morgan fingerprint density at radius 1 is 1.15 bits per heavy atom. The van der Waals surface area contributed by atoms with Gasteiger partial charge in [-0.2, -0.15) is 0 Å². The van der Waals surface area contributed by atoms with Crippen LogP contribution in [0.15, 0.2) is 82.3 Å². The number of hydrogen-bond acceptors (Lipinski definition) is 6. The molecule has 0 spiro atoms. The van der Waals surface area contributed by atoms with Gasteiger partial charge < -0.3 is 9.32 Å². The van der Waals surface area contributed by atoms with E-state index in [9.17, 15) is 13.2 Å². The normalized spacial score (nSPS) is 12.9. The number of rotatable bonds is 8. The lowest BCUT2D eigenvalue weighted by molar-refractivity contribution is -0.126. The number of para-hydroxylation sites is 1. The molecule has 1 N–H and O–H groups in total. The first kappa shape index (κ1) is 22.9. The molecule has 0 unspecified atom stereocenters. The minimum Gasteiger partial charge on any atom is -0.468 e.